The highest BCUT2D eigenvalue weighted by Gasteiger charge is 2.15. The summed E-state index contributed by atoms with van der Waals surface area (Å²) in [5.41, 5.74) is 2.45. The van der Waals surface area contributed by atoms with Gasteiger partial charge in [0.15, 0.2) is 5.13 Å². The van der Waals surface area contributed by atoms with E-state index in [1.165, 1.54) is 11.3 Å². The van der Waals surface area contributed by atoms with Crippen molar-refractivity contribution in [2.45, 2.75) is 13.5 Å². The fraction of sp³-hybridized carbons (Fsp3) is 0.118. The van der Waals surface area contributed by atoms with Crippen LogP contribution in [0.5, 0.6) is 0 Å². The number of benzene rings is 1. The van der Waals surface area contributed by atoms with Crippen LogP contribution in [0, 0.1) is 6.92 Å². The van der Waals surface area contributed by atoms with Gasteiger partial charge in [-0.05, 0) is 43.3 Å². The molecule has 0 aliphatic carbocycles. The van der Waals surface area contributed by atoms with E-state index in [2.05, 4.69) is 36.5 Å². The van der Waals surface area contributed by atoms with Crippen LogP contribution in [-0.4, -0.2) is 15.9 Å². The predicted octanol–water partition coefficient (Wildman–Crippen LogP) is 4.28. The first-order chi connectivity index (χ1) is 11.6. The summed E-state index contributed by atoms with van der Waals surface area (Å²) in [5, 5.41) is 6.78. The maximum absolute atomic E-state index is 12.3. The molecule has 0 aliphatic rings. The van der Waals surface area contributed by atoms with Gasteiger partial charge < -0.3 is 10.6 Å². The lowest BCUT2D eigenvalue weighted by Crippen LogP contribution is -2.23. The standard InChI is InChI=1S/C17H15BrN4OS/c1-11-15(16(23)20-10-14-4-2-3-9-19-14)24-17(21-11)22-13-7-5-12(18)6-8-13/h2-9H,10H2,1H3,(H,20,23)(H,21,22). The fourth-order valence-electron chi connectivity index (χ4n) is 2.07. The molecular weight excluding hydrogens is 388 g/mol. The Morgan fingerprint density at radius 1 is 1.21 bits per heavy atom. The van der Waals surface area contributed by atoms with Gasteiger partial charge in [0.05, 0.1) is 17.9 Å². The summed E-state index contributed by atoms with van der Waals surface area (Å²) in [6, 6.07) is 13.4. The van der Waals surface area contributed by atoms with Gasteiger partial charge in [0, 0.05) is 16.4 Å². The number of thiazole rings is 1. The second-order valence-electron chi connectivity index (χ2n) is 5.07. The molecule has 0 saturated heterocycles. The number of rotatable bonds is 5. The number of nitrogens with zero attached hydrogens (tertiary/aromatic N) is 2. The van der Waals surface area contributed by atoms with Crippen LogP contribution in [0.15, 0.2) is 53.1 Å². The topological polar surface area (TPSA) is 66.9 Å². The summed E-state index contributed by atoms with van der Waals surface area (Å²) in [5.74, 6) is -0.139. The molecule has 0 bridgehead atoms. The number of aryl methyl sites for hydroxylation is 1. The molecule has 122 valence electrons. The van der Waals surface area contributed by atoms with Gasteiger partial charge in [-0.2, -0.15) is 0 Å². The normalized spacial score (nSPS) is 10.4. The third-order valence-corrected chi connectivity index (χ3v) is 4.85. The molecule has 7 heteroatoms. The summed E-state index contributed by atoms with van der Waals surface area (Å²) in [6.45, 7) is 2.23. The van der Waals surface area contributed by atoms with E-state index in [1.54, 1.807) is 6.20 Å². The van der Waals surface area contributed by atoms with Gasteiger partial charge in [-0.3, -0.25) is 9.78 Å². The highest BCUT2D eigenvalue weighted by Crippen LogP contribution is 2.26. The summed E-state index contributed by atoms with van der Waals surface area (Å²) >= 11 is 4.74. The van der Waals surface area contributed by atoms with Crippen LogP contribution in [0.4, 0.5) is 10.8 Å². The molecule has 0 saturated carbocycles. The van der Waals surface area contributed by atoms with Crippen molar-refractivity contribution in [1.82, 2.24) is 15.3 Å². The van der Waals surface area contributed by atoms with Crippen LogP contribution < -0.4 is 10.6 Å². The van der Waals surface area contributed by atoms with E-state index in [-0.39, 0.29) is 5.91 Å². The van der Waals surface area contributed by atoms with Crippen molar-refractivity contribution in [3.05, 3.63) is 69.4 Å². The number of pyridine rings is 1. The number of aromatic nitrogens is 2. The predicted molar refractivity (Wildman–Crippen MR) is 99.7 cm³/mol. The molecule has 3 rings (SSSR count). The van der Waals surface area contributed by atoms with Crippen molar-refractivity contribution in [3.8, 4) is 0 Å². The maximum atomic E-state index is 12.3. The van der Waals surface area contributed by atoms with Crippen molar-refractivity contribution in [2.24, 2.45) is 0 Å². The van der Waals surface area contributed by atoms with Gasteiger partial charge in [-0.25, -0.2) is 4.98 Å². The van der Waals surface area contributed by atoms with Crippen molar-refractivity contribution in [2.75, 3.05) is 5.32 Å². The SMILES string of the molecule is Cc1nc(Nc2ccc(Br)cc2)sc1C(=O)NCc1ccccn1. The van der Waals surface area contributed by atoms with E-state index in [0.29, 0.717) is 22.2 Å². The number of anilines is 2. The van der Waals surface area contributed by atoms with E-state index in [1.807, 2.05) is 49.4 Å². The summed E-state index contributed by atoms with van der Waals surface area (Å²) < 4.78 is 1.01. The number of hydrogen-bond acceptors (Lipinski definition) is 5. The van der Waals surface area contributed by atoms with Crippen LogP contribution in [0.2, 0.25) is 0 Å². The van der Waals surface area contributed by atoms with Crippen LogP contribution in [0.25, 0.3) is 0 Å². The Balaban J connectivity index is 1.66. The minimum absolute atomic E-state index is 0.139. The molecule has 2 heterocycles. The summed E-state index contributed by atoms with van der Waals surface area (Å²) in [7, 11) is 0. The average molecular weight is 403 g/mol. The Labute approximate surface area is 152 Å². The highest BCUT2D eigenvalue weighted by molar-refractivity contribution is 9.10. The van der Waals surface area contributed by atoms with Crippen LogP contribution >= 0.6 is 27.3 Å². The molecule has 5 nitrogen and oxygen atoms in total. The number of nitrogens with one attached hydrogen (secondary N) is 2. The second kappa shape index (κ2) is 7.55. The number of hydrogen-bond donors (Lipinski definition) is 2. The molecule has 0 fully saturated rings. The van der Waals surface area contributed by atoms with Gasteiger partial charge in [0.25, 0.3) is 5.91 Å². The molecule has 1 aromatic carbocycles. The van der Waals surface area contributed by atoms with Gasteiger partial charge >= 0.3 is 0 Å². The first kappa shape index (κ1) is 16.6. The minimum Gasteiger partial charge on any atom is -0.346 e. The zero-order valence-corrected chi connectivity index (χ0v) is 15.3. The smallest absolute Gasteiger partial charge is 0.263 e. The molecule has 0 spiro atoms. The molecule has 0 unspecified atom stereocenters. The zero-order valence-electron chi connectivity index (χ0n) is 12.9. The van der Waals surface area contributed by atoms with E-state index >= 15 is 0 Å². The number of carbonyl (C=O) groups is 1. The molecule has 2 N–H and O–H groups in total. The largest absolute Gasteiger partial charge is 0.346 e. The number of carbonyl (C=O) groups excluding carboxylic acids is 1. The first-order valence-electron chi connectivity index (χ1n) is 7.30. The monoisotopic (exact) mass is 402 g/mol. The van der Waals surface area contributed by atoms with Crippen molar-refractivity contribution >= 4 is 44.0 Å². The molecular formula is C17H15BrN4OS. The van der Waals surface area contributed by atoms with Crippen LogP contribution in [0.1, 0.15) is 21.1 Å². The van der Waals surface area contributed by atoms with E-state index in [9.17, 15) is 4.79 Å². The first-order valence-corrected chi connectivity index (χ1v) is 8.91. The Morgan fingerprint density at radius 3 is 2.71 bits per heavy atom. The molecule has 2 aromatic heterocycles. The Kier molecular flexibility index (Phi) is 5.22. The fourth-order valence-corrected chi connectivity index (χ4v) is 3.24. The third kappa shape index (κ3) is 4.18. The van der Waals surface area contributed by atoms with Crippen LogP contribution in [-0.2, 0) is 6.54 Å². The Hall–Kier alpha value is -2.25. The Morgan fingerprint density at radius 2 is 2.00 bits per heavy atom. The number of halogens is 1. The van der Waals surface area contributed by atoms with Crippen molar-refractivity contribution in [3.63, 3.8) is 0 Å². The van der Waals surface area contributed by atoms with Crippen molar-refractivity contribution in [1.29, 1.82) is 0 Å². The van der Waals surface area contributed by atoms with Gasteiger partial charge in [0.2, 0.25) is 0 Å². The molecule has 3 aromatic rings. The van der Waals surface area contributed by atoms with Crippen molar-refractivity contribution < 1.29 is 4.79 Å². The summed E-state index contributed by atoms with van der Waals surface area (Å²) in [6.07, 6.45) is 1.71. The van der Waals surface area contributed by atoms with Crippen LogP contribution in [0.3, 0.4) is 0 Å². The zero-order chi connectivity index (χ0) is 16.9. The van der Waals surface area contributed by atoms with Gasteiger partial charge in [-0.1, -0.05) is 33.3 Å². The molecule has 0 atom stereocenters. The Bertz CT molecular complexity index is 834. The van der Waals surface area contributed by atoms with Gasteiger partial charge in [-0.15, -0.1) is 0 Å². The van der Waals surface area contributed by atoms with E-state index in [0.717, 1.165) is 15.9 Å². The lowest BCUT2D eigenvalue weighted by atomic mass is 10.3. The molecule has 0 radical (unpaired) electrons. The quantitative estimate of drug-likeness (QED) is 0.667. The maximum Gasteiger partial charge on any atom is 0.263 e. The lowest BCUT2D eigenvalue weighted by molar-refractivity contribution is 0.0953. The second-order valence-corrected chi connectivity index (χ2v) is 6.98. The van der Waals surface area contributed by atoms with E-state index < -0.39 is 0 Å². The molecule has 1 amide bonds. The molecule has 0 aliphatic heterocycles. The summed E-state index contributed by atoms with van der Waals surface area (Å²) in [4.78, 5) is 21.6. The van der Waals surface area contributed by atoms with Gasteiger partial charge in [0.1, 0.15) is 4.88 Å². The molecule has 24 heavy (non-hydrogen) atoms. The number of amides is 1. The third-order valence-electron chi connectivity index (χ3n) is 3.25. The van der Waals surface area contributed by atoms with E-state index in [4.69, 9.17) is 0 Å². The lowest BCUT2D eigenvalue weighted by Gasteiger charge is -2.03. The highest BCUT2D eigenvalue weighted by atomic mass is 79.9. The minimum atomic E-state index is -0.139. The average Bonchev–Trinajstić information content (AvgIpc) is 2.96.